The van der Waals surface area contributed by atoms with E-state index in [1.165, 1.54) is 55.0 Å². The van der Waals surface area contributed by atoms with Gasteiger partial charge in [0.15, 0.2) is 0 Å². The van der Waals surface area contributed by atoms with Crippen LogP contribution in [0.1, 0.15) is 0 Å². The van der Waals surface area contributed by atoms with E-state index in [-0.39, 0.29) is 13.4 Å². The van der Waals surface area contributed by atoms with Gasteiger partial charge in [0.1, 0.15) is 0 Å². The van der Waals surface area contributed by atoms with E-state index in [1.54, 1.807) is 0 Å². The standard InChI is InChI=1S/C46H30B2N2/c1-7-19-39-33(13-1)34-14-2-8-20-40(34)47(39)43-23-11-5-17-37(43)45-27-25-31(29-49-45)32-26-28-46(50-30-32)38-18-6-12-24-44(38)48-41-21-9-3-15-35(41)36-16-4-10-22-42(36)48/h1-30H. The van der Waals surface area contributed by atoms with E-state index in [1.807, 2.05) is 12.4 Å². The lowest BCUT2D eigenvalue weighted by atomic mass is 9.38. The third-order valence-electron chi connectivity index (χ3n) is 10.6. The maximum absolute atomic E-state index is 5.03. The molecule has 2 nitrogen and oxygen atoms in total. The number of hydrogen-bond acceptors (Lipinski definition) is 2. The number of pyridine rings is 2. The molecule has 0 spiro atoms. The first-order valence-corrected chi connectivity index (χ1v) is 17.3. The van der Waals surface area contributed by atoms with Gasteiger partial charge in [-0.15, -0.1) is 0 Å². The van der Waals surface area contributed by atoms with Crippen LogP contribution in [0.2, 0.25) is 0 Å². The predicted octanol–water partition coefficient (Wildman–Crippen LogP) is 6.47. The van der Waals surface area contributed by atoms with Crippen molar-refractivity contribution in [1.29, 1.82) is 0 Å². The second-order valence-electron chi connectivity index (χ2n) is 13.3. The normalized spacial score (nSPS) is 12.3. The van der Waals surface area contributed by atoms with E-state index in [2.05, 4.69) is 170 Å². The summed E-state index contributed by atoms with van der Waals surface area (Å²) in [6, 6.07) is 61.3. The molecule has 0 atom stereocenters. The smallest absolute Gasteiger partial charge is 0.243 e. The molecule has 2 aliphatic heterocycles. The highest BCUT2D eigenvalue weighted by atomic mass is 14.7. The summed E-state index contributed by atoms with van der Waals surface area (Å²) in [5, 5.41) is 0. The van der Waals surface area contributed by atoms with E-state index < -0.39 is 0 Å². The van der Waals surface area contributed by atoms with E-state index in [9.17, 15) is 0 Å². The molecule has 0 saturated carbocycles. The largest absolute Gasteiger partial charge is 0.256 e. The van der Waals surface area contributed by atoms with Gasteiger partial charge in [0.05, 0.1) is 11.4 Å². The minimum Gasteiger partial charge on any atom is -0.256 e. The van der Waals surface area contributed by atoms with Crippen LogP contribution in [0.4, 0.5) is 0 Å². The number of benzene rings is 6. The van der Waals surface area contributed by atoms with Crippen LogP contribution in [-0.4, -0.2) is 23.4 Å². The van der Waals surface area contributed by atoms with Crippen LogP contribution in [-0.2, 0) is 0 Å². The predicted molar refractivity (Wildman–Crippen MR) is 211 cm³/mol. The molecule has 8 aromatic rings. The summed E-state index contributed by atoms with van der Waals surface area (Å²) in [5.41, 5.74) is 19.6. The van der Waals surface area contributed by atoms with Gasteiger partial charge >= 0.3 is 0 Å². The second kappa shape index (κ2) is 11.7. The Morgan fingerprint density at radius 1 is 0.260 bits per heavy atom. The summed E-state index contributed by atoms with van der Waals surface area (Å²) < 4.78 is 0. The molecule has 0 bridgehead atoms. The summed E-state index contributed by atoms with van der Waals surface area (Å²) in [4.78, 5) is 10.1. The Balaban J connectivity index is 0.975. The summed E-state index contributed by atoms with van der Waals surface area (Å²) in [6.07, 6.45) is 3.97. The highest BCUT2D eigenvalue weighted by Crippen LogP contribution is 2.28. The van der Waals surface area contributed by atoms with Crippen molar-refractivity contribution in [3.05, 3.63) is 182 Å². The van der Waals surface area contributed by atoms with Gasteiger partial charge in [-0.05, 0) is 45.5 Å². The zero-order valence-corrected chi connectivity index (χ0v) is 27.4. The highest BCUT2D eigenvalue weighted by Gasteiger charge is 2.35. The molecule has 230 valence electrons. The molecule has 50 heavy (non-hydrogen) atoms. The Morgan fingerprint density at radius 2 is 0.520 bits per heavy atom. The molecule has 0 N–H and O–H groups in total. The topological polar surface area (TPSA) is 25.8 Å². The lowest BCUT2D eigenvalue weighted by Crippen LogP contribution is -2.49. The summed E-state index contributed by atoms with van der Waals surface area (Å²) >= 11 is 0. The quantitative estimate of drug-likeness (QED) is 0.204. The molecule has 0 unspecified atom stereocenters. The van der Waals surface area contributed by atoms with E-state index in [4.69, 9.17) is 9.97 Å². The maximum atomic E-state index is 5.03. The first kappa shape index (κ1) is 28.7. The second-order valence-corrected chi connectivity index (χ2v) is 13.3. The number of hydrogen-bond donors (Lipinski definition) is 0. The van der Waals surface area contributed by atoms with Crippen LogP contribution in [0.5, 0.6) is 0 Å². The third kappa shape index (κ3) is 4.53. The van der Waals surface area contributed by atoms with Crippen LogP contribution in [0.15, 0.2) is 182 Å². The lowest BCUT2D eigenvalue weighted by molar-refractivity contribution is 1.30. The molecule has 2 aliphatic rings. The molecule has 4 heterocycles. The van der Waals surface area contributed by atoms with Crippen LogP contribution in [0.3, 0.4) is 0 Å². The number of rotatable bonds is 5. The summed E-state index contributed by atoms with van der Waals surface area (Å²) in [7, 11) is 0. The Labute approximate surface area is 293 Å². The van der Waals surface area contributed by atoms with Crippen LogP contribution >= 0.6 is 0 Å². The van der Waals surface area contributed by atoms with Gasteiger partial charge < -0.3 is 0 Å². The minimum absolute atomic E-state index is 0.172. The number of nitrogens with zero attached hydrogens (tertiary/aromatic N) is 2. The van der Waals surface area contributed by atoms with Gasteiger partial charge in [-0.2, -0.15) is 0 Å². The van der Waals surface area contributed by atoms with Crippen molar-refractivity contribution >= 4 is 46.2 Å². The van der Waals surface area contributed by atoms with Gasteiger partial charge in [-0.3, -0.25) is 9.97 Å². The molecule has 4 heteroatoms. The molecule has 10 rings (SSSR count). The fraction of sp³-hybridized carbons (Fsp3) is 0. The Morgan fingerprint density at radius 3 is 0.800 bits per heavy atom. The molecule has 2 aromatic heterocycles. The highest BCUT2D eigenvalue weighted by molar-refractivity contribution is 7.00. The zero-order valence-electron chi connectivity index (χ0n) is 27.4. The molecule has 0 fully saturated rings. The van der Waals surface area contributed by atoms with Crippen LogP contribution in [0, 0.1) is 0 Å². The van der Waals surface area contributed by atoms with Gasteiger partial charge in [0.2, 0.25) is 13.4 Å². The van der Waals surface area contributed by atoms with Gasteiger partial charge in [-0.1, -0.05) is 191 Å². The van der Waals surface area contributed by atoms with E-state index >= 15 is 0 Å². The van der Waals surface area contributed by atoms with Crippen LogP contribution in [0.25, 0.3) is 55.9 Å². The minimum atomic E-state index is 0.172. The fourth-order valence-corrected chi connectivity index (χ4v) is 8.39. The molecule has 0 saturated heterocycles. The number of fused-ring (bicyclic) bond motifs is 6. The van der Waals surface area contributed by atoms with Gasteiger partial charge in [0, 0.05) is 23.5 Å². The van der Waals surface area contributed by atoms with E-state index in [0.717, 1.165) is 33.6 Å². The van der Waals surface area contributed by atoms with Crippen LogP contribution < -0.4 is 32.8 Å². The zero-order chi connectivity index (χ0) is 33.0. The Bertz CT molecular complexity index is 2290. The Hall–Kier alpha value is -6.25. The molecular formula is C46H30B2N2. The summed E-state index contributed by atoms with van der Waals surface area (Å²) in [5.74, 6) is 0. The summed E-state index contributed by atoms with van der Waals surface area (Å²) in [6.45, 7) is 0.344. The average molecular weight is 632 g/mol. The molecule has 0 amide bonds. The first-order chi connectivity index (χ1) is 24.8. The molecular weight excluding hydrogens is 602 g/mol. The monoisotopic (exact) mass is 632 g/mol. The Kier molecular flexibility index (Phi) is 6.73. The van der Waals surface area contributed by atoms with Crippen molar-refractivity contribution in [2.45, 2.75) is 0 Å². The van der Waals surface area contributed by atoms with Crippen molar-refractivity contribution in [3.8, 4) is 55.9 Å². The van der Waals surface area contributed by atoms with Crippen molar-refractivity contribution in [2.75, 3.05) is 0 Å². The molecule has 0 aliphatic carbocycles. The third-order valence-corrected chi connectivity index (χ3v) is 10.6. The van der Waals surface area contributed by atoms with Crippen molar-refractivity contribution < 1.29 is 0 Å². The maximum Gasteiger partial charge on any atom is 0.243 e. The van der Waals surface area contributed by atoms with Gasteiger partial charge in [-0.25, -0.2) is 0 Å². The van der Waals surface area contributed by atoms with Crippen molar-refractivity contribution in [3.63, 3.8) is 0 Å². The average Bonchev–Trinajstić information content (AvgIpc) is 3.71. The SMILES string of the molecule is c1ccc(-c2ccc(-c3ccc(-c4ccccc4B4c5ccccc5-c5ccccc54)nc3)cn2)c(B2c3ccccc3-c3ccccc32)c1. The molecule has 0 radical (unpaired) electrons. The first-order valence-electron chi connectivity index (χ1n) is 17.3. The van der Waals surface area contributed by atoms with Crippen molar-refractivity contribution in [2.24, 2.45) is 0 Å². The number of aromatic nitrogens is 2. The van der Waals surface area contributed by atoms with Gasteiger partial charge in [0.25, 0.3) is 0 Å². The fourth-order valence-electron chi connectivity index (χ4n) is 8.39. The van der Waals surface area contributed by atoms with E-state index in [0.29, 0.717) is 0 Å². The lowest BCUT2D eigenvalue weighted by Gasteiger charge is -2.16. The molecule has 6 aromatic carbocycles. The van der Waals surface area contributed by atoms with Crippen molar-refractivity contribution in [1.82, 2.24) is 9.97 Å².